The number of nitrogen functional groups attached to an aromatic ring is 1. The second kappa shape index (κ2) is 8.51. The molecule has 0 spiro atoms. The van der Waals surface area contributed by atoms with Crippen molar-refractivity contribution in [2.24, 2.45) is 5.73 Å². The summed E-state index contributed by atoms with van der Waals surface area (Å²) in [4.78, 5) is 5.19. The van der Waals surface area contributed by atoms with Crippen LogP contribution >= 0.6 is 46.8 Å². The van der Waals surface area contributed by atoms with Crippen molar-refractivity contribution in [1.29, 1.82) is 5.41 Å². The first-order valence-corrected chi connectivity index (χ1v) is 10.0. The topological polar surface area (TPSA) is 72.0 Å². The average molecular weight is 452 g/mol. The van der Waals surface area contributed by atoms with Crippen LogP contribution in [0.15, 0.2) is 39.9 Å². The highest BCUT2D eigenvalue weighted by atomic mass is 35.5. The minimum atomic E-state index is -4.74. The summed E-state index contributed by atoms with van der Waals surface area (Å²) in [5.74, 6) is -0.297. The van der Waals surface area contributed by atoms with Gasteiger partial charge in [-0.25, -0.2) is 4.98 Å². The van der Waals surface area contributed by atoms with Gasteiger partial charge >= 0.3 is 6.36 Å². The molecule has 3 N–H and O–H groups in total. The highest BCUT2D eigenvalue weighted by molar-refractivity contribution is 8.00. The minimum absolute atomic E-state index is 0. The second-order valence-corrected chi connectivity index (χ2v) is 8.03. The number of halogens is 4. The van der Waals surface area contributed by atoms with Crippen molar-refractivity contribution in [2.45, 2.75) is 10.6 Å². The number of nitrogens with one attached hydrogen (secondary N) is 1. The van der Waals surface area contributed by atoms with Gasteiger partial charge < -0.3 is 10.5 Å². The summed E-state index contributed by atoms with van der Waals surface area (Å²) in [6.07, 6.45) is -2.81. The van der Waals surface area contributed by atoms with Crippen molar-refractivity contribution >= 4 is 52.7 Å². The molecular weight excluding hydrogens is 439 g/mol. The Morgan fingerprint density at radius 3 is 2.67 bits per heavy atom. The number of hydrogen-bond donors (Lipinski definition) is 2. The van der Waals surface area contributed by atoms with E-state index in [9.17, 15) is 13.2 Å². The fourth-order valence-electron chi connectivity index (χ4n) is 2.19. The molecule has 0 bridgehead atoms. The lowest BCUT2D eigenvalue weighted by Crippen LogP contribution is -2.17. The summed E-state index contributed by atoms with van der Waals surface area (Å²) in [6.45, 7) is 0. The van der Waals surface area contributed by atoms with E-state index < -0.39 is 6.36 Å². The van der Waals surface area contributed by atoms with Crippen molar-refractivity contribution in [3.8, 4) is 27.6 Å². The van der Waals surface area contributed by atoms with Gasteiger partial charge in [-0.2, -0.15) is 0 Å². The largest absolute Gasteiger partial charge is 0.573 e. The van der Waals surface area contributed by atoms with Crippen LogP contribution in [0.5, 0.6) is 5.75 Å². The Balaban J connectivity index is 0.00000261. The number of hydrogen-bond acceptors (Lipinski definition) is 6. The number of aromatic nitrogens is 1. The Bertz CT molecular complexity index is 956. The molecule has 0 aliphatic heterocycles. The van der Waals surface area contributed by atoms with E-state index >= 15 is 0 Å². The van der Waals surface area contributed by atoms with E-state index in [0.29, 0.717) is 16.1 Å². The number of alkyl halides is 3. The molecule has 0 amide bonds. The Kier molecular flexibility index (Phi) is 6.79. The van der Waals surface area contributed by atoms with Crippen LogP contribution in [-0.4, -0.2) is 23.4 Å². The molecule has 2 heterocycles. The van der Waals surface area contributed by atoms with Gasteiger partial charge in [-0.1, -0.05) is 12.1 Å². The van der Waals surface area contributed by atoms with Crippen molar-refractivity contribution in [2.75, 3.05) is 6.26 Å². The molecule has 3 aromatic rings. The van der Waals surface area contributed by atoms with Crippen molar-refractivity contribution < 1.29 is 17.9 Å². The van der Waals surface area contributed by atoms with E-state index in [1.807, 2.05) is 12.3 Å². The number of benzene rings is 1. The van der Waals surface area contributed by atoms with Crippen LogP contribution in [0.1, 0.15) is 4.88 Å². The Labute approximate surface area is 171 Å². The van der Waals surface area contributed by atoms with Gasteiger partial charge in [-0.3, -0.25) is 5.41 Å². The van der Waals surface area contributed by atoms with Crippen molar-refractivity contribution in [3.63, 3.8) is 0 Å². The molecule has 0 radical (unpaired) electrons. The number of amidine groups is 1. The van der Waals surface area contributed by atoms with Gasteiger partial charge in [0.25, 0.3) is 0 Å². The first-order valence-electron chi connectivity index (χ1n) is 7.11. The standard InChI is InChI=1S/C16H12F3N3OS3.ClH/c1-24-15-10(6-12(26-15)13(20)21)14-22-11(7-25-14)8-3-2-4-9(5-8)23-16(17,18)19;/h2-7H,1H3,(H3,20,21);1H. The number of ether oxygens (including phenoxy) is 1. The fourth-order valence-corrected chi connectivity index (χ4v) is 4.90. The molecule has 4 nitrogen and oxygen atoms in total. The van der Waals surface area contributed by atoms with Crippen molar-refractivity contribution in [1.82, 2.24) is 4.98 Å². The lowest BCUT2D eigenvalue weighted by atomic mass is 10.1. The van der Waals surface area contributed by atoms with Gasteiger partial charge in [0.15, 0.2) is 0 Å². The summed E-state index contributed by atoms with van der Waals surface area (Å²) in [5.41, 5.74) is 7.51. The maximum atomic E-state index is 12.4. The van der Waals surface area contributed by atoms with Gasteiger partial charge in [0.1, 0.15) is 16.6 Å². The van der Waals surface area contributed by atoms with Crippen LogP contribution in [0.4, 0.5) is 13.2 Å². The van der Waals surface area contributed by atoms with E-state index in [0.717, 1.165) is 14.8 Å². The molecule has 2 aromatic heterocycles. The van der Waals surface area contributed by atoms with Crippen LogP contribution < -0.4 is 10.5 Å². The highest BCUT2D eigenvalue weighted by Gasteiger charge is 2.31. The number of nitrogens with two attached hydrogens (primary N) is 1. The maximum Gasteiger partial charge on any atom is 0.573 e. The summed E-state index contributed by atoms with van der Waals surface area (Å²) in [6, 6.07) is 7.52. The molecule has 0 aliphatic carbocycles. The summed E-state index contributed by atoms with van der Waals surface area (Å²) < 4.78 is 42.1. The molecule has 0 unspecified atom stereocenters. The molecular formula is C16H13ClF3N3OS3. The van der Waals surface area contributed by atoms with Crippen LogP contribution in [-0.2, 0) is 0 Å². The first kappa shape index (κ1) is 21.5. The zero-order valence-electron chi connectivity index (χ0n) is 13.7. The molecule has 0 aliphatic rings. The van der Waals surface area contributed by atoms with Crippen LogP contribution in [0.3, 0.4) is 0 Å². The lowest BCUT2D eigenvalue weighted by molar-refractivity contribution is -0.274. The number of nitrogens with zero attached hydrogens (tertiary/aromatic N) is 1. The number of thiophene rings is 1. The summed E-state index contributed by atoms with van der Waals surface area (Å²) >= 11 is 4.32. The Morgan fingerprint density at radius 1 is 1.30 bits per heavy atom. The third kappa shape index (κ3) is 5.16. The SMILES string of the molecule is CSc1sc(C(=N)N)cc1-c1nc(-c2cccc(OC(F)(F)F)c2)cs1.Cl. The van der Waals surface area contributed by atoms with E-state index in [-0.39, 0.29) is 24.0 Å². The number of rotatable bonds is 5. The quantitative estimate of drug-likeness (QED) is 0.289. The van der Waals surface area contributed by atoms with Gasteiger partial charge in [0.2, 0.25) is 0 Å². The second-order valence-electron chi connectivity index (χ2n) is 5.04. The molecule has 0 fully saturated rings. The first-order chi connectivity index (χ1) is 12.3. The molecule has 27 heavy (non-hydrogen) atoms. The Morgan fingerprint density at radius 2 is 2.04 bits per heavy atom. The normalized spacial score (nSPS) is 11.1. The minimum Gasteiger partial charge on any atom is -0.406 e. The van der Waals surface area contributed by atoms with E-state index in [4.69, 9.17) is 11.1 Å². The van der Waals surface area contributed by atoms with Gasteiger partial charge in [0.05, 0.1) is 14.8 Å². The zero-order valence-corrected chi connectivity index (χ0v) is 16.9. The number of thiazole rings is 1. The number of thioether (sulfide) groups is 1. The van der Waals surface area contributed by atoms with Gasteiger partial charge in [-0.15, -0.1) is 60.0 Å². The van der Waals surface area contributed by atoms with Crippen LogP contribution in [0, 0.1) is 5.41 Å². The van der Waals surface area contributed by atoms with Crippen molar-refractivity contribution in [3.05, 3.63) is 40.6 Å². The van der Waals surface area contributed by atoms with E-state index in [1.165, 1.54) is 52.6 Å². The molecule has 0 saturated carbocycles. The smallest absolute Gasteiger partial charge is 0.406 e. The molecule has 0 atom stereocenters. The molecule has 3 rings (SSSR count). The molecule has 11 heteroatoms. The zero-order chi connectivity index (χ0) is 18.9. The molecule has 1 aromatic carbocycles. The summed E-state index contributed by atoms with van der Waals surface area (Å²) in [5, 5.41) is 10.1. The molecule has 0 saturated heterocycles. The lowest BCUT2D eigenvalue weighted by Gasteiger charge is -2.09. The predicted molar refractivity (Wildman–Crippen MR) is 108 cm³/mol. The fraction of sp³-hybridized carbons (Fsp3) is 0.125. The van der Waals surface area contributed by atoms with E-state index in [1.54, 1.807) is 11.4 Å². The monoisotopic (exact) mass is 451 g/mol. The summed E-state index contributed by atoms with van der Waals surface area (Å²) in [7, 11) is 0. The van der Waals surface area contributed by atoms with Gasteiger partial charge in [0, 0.05) is 16.5 Å². The average Bonchev–Trinajstić information content (AvgIpc) is 3.20. The van der Waals surface area contributed by atoms with Gasteiger partial charge in [-0.05, 0) is 24.5 Å². The maximum absolute atomic E-state index is 12.4. The highest BCUT2D eigenvalue weighted by Crippen LogP contribution is 2.40. The third-order valence-corrected chi connectivity index (χ3v) is 6.43. The Hall–Kier alpha value is -1.75. The van der Waals surface area contributed by atoms with Crippen LogP contribution in [0.25, 0.3) is 21.8 Å². The third-order valence-electron chi connectivity index (χ3n) is 3.25. The predicted octanol–water partition coefficient (Wildman–Crippen LogP) is 5.86. The van der Waals surface area contributed by atoms with Crippen LogP contribution in [0.2, 0.25) is 0 Å². The van der Waals surface area contributed by atoms with E-state index in [2.05, 4.69) is 9.72 Å². The molecule has 144 valence electrons.